The minimum absolute atomic E-state index is 0.343. The summed E-state index contributed by atoms with van der Waals surface area (Å²) in [5, 5.41) is 5.39. The Kier molecular flexibility index (Phi) is 6.03. The van der Waals surface area contributed by atoms with E-state index < -0.39 is 0 Å². The van der Waals surface area contributed by atoms with E-state index in [1.807, 2.05) is 24.4 Å². The van der Waals surface area contributed by atoms with Crippen molar-refractivity contribution in [3.05, 3.63) is 82.3 Å². The third kappa shape index (κ3) is 5.04. The van der Waals surface area contributed by atoms with Gasteiger partial charge in [-0.1, -0.05) is 12.1 Å². The van der Waals surface area contributed by atoms with Gasteiger partial charge in [-0.05, 0) is 65.7 Å². The molecule has 0 aliphatic carbocycles. The minimum Gasteiger partial charge on any atom is -0.385 e. The maximum absolute atomic E-state index is 11.8. The van der Waals surface area contributed by atoms with Crippen LogP contribution >= 0.6 is 11.8 Å². The molecule has 0 saturated carbocycles. The number of benzene rings is 1. The smallest absolute Gasteiger partial charge is 0.290 e. The van der Waals surface area contributed by atoms with Crippen LogP contribution in [0.3, 0.4) is 0 Å². The van der Waals surface area contributed by atoms with Gasteiger partial charge in [-0.25, -0.2) is 9.97 Å². The lowest BCUT2D eigenvalue weighted by Crippen LogP contribution is -2.32. The summed E-state index contributed by atoms with van der Waals surface area (Å²) in [4.78, 5) is 39.1. The molecule has 5 rings (SSSR count). The highest BCUT2D eigenvalue weighted by Crippen LogP contribution is 2.27. The summed E-state index contributed by atoms with van der Waals surface area (Å²) in [6.45, 7) is 2.33. The van der Waals surface area contributed by atoms with E-state index in [-0.39, 0.29) is 11.1 Å². The normalized spacial score (nSPS) is 16.6. The van der Waals surface area contributed by atoms with Gasteiger partial charge in [0.05, 0.1) is 10.6 Å². The van der Waals surface area contributed by atoms with E-state index in [9.17, 15) is 9.59 Å². The van der Waals surface area contributed by atoms with Crippen molar-refractivity contribution in [2.75, 3.05) is 23.3 Å². The number of thioether (sulfide) groups is 1. The molecule has 1 saturated heterocycles. The Morgan fingerprint density at radius 2 is 2.03 bits per heavy atom. The van der Waals surface area contributed by atoms with E-state index in [0.717, 1.165) is 49.1 Å². The standard InChI is InChI=1S/C24H22N6O2S/c31-22-21(33-24(32)29-22)14-20-7-11-27-23(28-20)30-12-8-16-4-5-19(13-17(16)15-30)26-10-6-18-3-1-2-9-25-18/h1-5,7,9,11,13-14,26H,6,8,10,12,15H2,(H,29,31,32)/b21-14-. The van der Waals surface area contributed by atoms with Gasteiger partial charge in [-0.3, -0.25) is 19.9 Å². The summed E-state index contributed by atoms with van der Waals surface area (Å²) >= 11 is 0.884. The van der Waals surface area contributed by atoms with Crippen molar-refractivity contribution in [2.24, 2.45) is 0 Å². The third-order valence-electron chi connectivity index (χ3n) is 5.52. The third-order valence-corrected chi connectivity index (χ3v) is 6.33. The molecule has 1 aromatic carbocycles. The fourth-order valence-electron chi connectivity index (χ4n) is 3.87. The Morgan fingerprint density at radius 1 is 1.09 bits per heavy atom. The Balaban J connectivity index is 1.27. The fourth-order valence-corrected chi connectivity index (χ4v) is 4.54. The Bertz CT molecular complexity index is 1230. The highest BCUT2D eigenvalue weighted by molar-refractivity contribution is 8.18. The SMILES string of the molecule is O=C1NC(=O)/C(=C/c2ccnc(N3CCc4ccc(NCCc5ccccn5)cc4C3)n2)S1. The number of carbonyl (C=O) groups excluding carboxylic acids is 2. The number of aromatic nitrogens is 3. The van der Waals surface area contributed by atoms with Crippen LogP contribution in [0.15, 0.2) is 59.8 Å². The number of rotatable bonds is 6. The second kappa shape index (κ2) is 9.41. The van der Waals surface area contributed by atoms with E-state index >= 15 is 0 Å². The quantitative estimate of drug-likeness (QED) is 0.542. The van der Waals surface area contributed by atoms with Crippen molar-refractivity contribution in [1.82, 2.24) is 20.3 Å². The van der Waals surface area contributed by atoms with Crippen LogP contribution in [-0.4, -0.2) is 39.2 Å². The highest BCUT2D eigenvalue weighted by Gasteiger charge is 2.25. The zero-order chi connectivity index (χ0) is 22.6. The topological polar surface area (TPSA) is 100 Å². The predicted molar refractivity (Wildman–Crippen MR) is 129 cm³/mol. The van der Waals surface area contributed by atoms with Crippen LogP contribution in [0.25, 0.3) is 6.08 Å². The van der Waals surface area contributed by atoms with Gasteiger partial charge in [-0.15, -0.1) is 0 Å². The first-order valence-electron chi connectivity index (χ1n) is 10.7. The van der Waals surface area contributed by atoms with Crippen molar-refractivity contribution < 1.29 is 9.59 Å². The maximum Gasteiger partial charge on any atom is 0.290 e. The van der Waals surface area contributed by atoms with Gasteiger partial charge in [0.1, 0.15) is 0 Å². The van der Waals surface area contributed by atoms with Crippen LogP contribution < -0.4 is 15.5 Å². The maximum atomic E-state index is 11.8. The molecule has 0 radical (unpaired) electrons. The monoisotopic (exact) mass is 458 g/mol. The molecule has 2 aromatic heterocycles. The molecule has 0 atom stereocenters. The number of amides is 2. The van der Waals surface area contributed by atoms with E-state index in [1.54, 1.807) is 18.3 Å². The number of carbonyl (C=O) groups is 2. The summed E-state index contributed by atoms with van der Waals surface area (Å²) in [6.07, 6.45) is 6.89. The van der Waals surface area contributed by atoms with Crippen LogP contribution in [0, 0.1) is 0 Å². The van der Waals surface area contributed by atoms with Gasteiger partial charge < -0.3 is 10.2 Å². The first-order chi connectivity index (χ1) is 16.1. The summed E-state index contributed by atoms with van der Waals surface area (Å²) in [5.74, 6) is 0.221. The second-order valence-electron chi connectivity index (χ2n) is 7.79. The Hall–Kier alpha value is -3.72. The largest absolute Gasteiger partial charge is 0.385 e. The first-order valence-corrected chi connectivity index (χ1v) is 11.5. The number of hydrogen-bond donors (Lipinski definition) is 2. The summed E-state index contributed by atoms with van der Waals surface area (Å²) in [6, 6.07) is 14.2. The molecule has 0 unspecified atom stereocenters. The van der Waals surface area contributed by atoms with E-state index in [1.165, 1.54) is 11.1 Å². The molecule has 0 bridgehead atoms. The van der Waals surface area contributed by atoms with Gasteiger partial charge in [0.25, 0.3) is 11.1 Å². The zero-order valence-electron chi connectivity index (χ0n) is 17.8. The number of fused-ring (bicyclic) bond motifs is 1. The van der Waals surface area contributed by atoms with Gasteiger partial charge in [0.2, 0.25) is 5.95 Å². The van der Waals surface area contributed by atoms with E-state index in [4.69, 9.17) is 0 Å². The van der Waals surface area contributed by atoms with Crippen LogP contribution in [0.5, 0.6) is 0 Å². The molecule has 3 aromatic rings. The molecule has 9 heteroatoms. The number of anilines is 2. The molecule has 2 aliphatic heterocycles. The molecule has 1 fully saturated rings. The average molecular weight is 459 g/mol. The fraction of sp³-hybridized carbons (Fsp3) is 0.208. The minimum atomic E-state index is -0.389. The van der Waals surface area contributed by atoms with Crippen LogP contribution in [0.2, 0.25) is 0 Å². The molecule has 2 N–H and O–H groups in total. The Morgan fingerprint density at radius 3 is 2.85 bits per heavy atom. The lowest BCUT2D eigenvalue weighted by atomic mass is 9.99. The lowest BCUT2D eigenvalue weighted by molar-refractivity contribution is -0.115. The summed E-state index contributed by atoms with van der Waals surface area (Å²) in [5.41, 5.74) is 5.33. The van der Waals surface area contributed by atoms with Crippen LogP contribution in [-0.2, 0) is 24.2 Å². The number of nitrogens with zero attached hydrogens (tertiary/aromatic N) is 4. The van der Waals surface area contributed by atoms with Crippen LogP contribution in [0.1, 0.15) is 22.5 Å². The molecule has 2 amide bonds. The molecule has 0 spiro atoms. The van der Waals surface area contributed by atoms with Crippen LogP contribution in [0.4, 0.5) is 16.4 Å². The lowest BCUT2D eigenvalue weighted by Gasteiger charge is -2.29. The average Bonchev–Trinajstić information content (AvgIpc) is 3.15. The van der Waals surface area contributed by atoms with E-state index in [2.05, 4.69) is 48.7 Å². The zero-order valence-corrected chi connectivity index (χ0v) is 18.6. The van der Waals surface area contributed by atoms with Crippen molar-refractivity contribution in [3.8, 4) is 0 Å². The molecule has 4 heterocycles. The Labute approximate surface area is 195 Å². The van der Waals surface area contributed by atoms with Gasteiger partial charge in [0, 0.05) is 49.8 Å². The molecule has 8 nitrogen and oxygen atoms in total. The predicted octanol–water partition coefficient (Wildman–Crippen LogP) is 3.41. The summed E-state index contributed by atoms with van der Waals surface area (Å²) < 4.78 is 0. The number of imide groups is 1. The number of hydrogen-bond acceptors (Lipinski definition) is 8. The van der Waals surface area contributed by atoms with Crippen molar-refractivity contribution in [3.63, 3.8) is 0 Å². The molecular formula is C24H22N6O2S. The van der Waals surface area contributed by atoms with Gasteiger partial charge in [0.15, 0.2) is 0 Å². The van der Waals surface area contributed by atoms with Gasteiger partial charge in [-0.2, -0.15) is 0 Å². The van der Waals surface area contributed by atoms with Crippen molar-refractivity contribution in [1.29, 1.82) is 0 Å². The highest BCUT2D eigenvalue weighted by atomic mass is 32.2. The van der Waals surface area contributed by atoms with Gasteiger partial charge >= 0.3 is 0 Å². The van der Waals surface area contributed by atoms with E-state index in [0.29, 0.717) is 23.1 Å². The summed E-state index contributed by atoms with van der Waals surface area (Å²) in [7, 11) is 0. The first kappa shape index (κ1) is 21.1. The second-order valence-corrected chi connectivity index (χ2v) is 8.80. The molecule has 33 heavy (non-hydrogen) atoms. The molecule has 2 aliphatic rings. The molecule has 166 valence electrons. The van der Waals surface area contributed by atoms with Crippen molar-refractivity contribution >= 4 is 40.6 Å². The molecular weight excluding hydrogens is 436 g/mol. The number of nitrogens with one attached hydrogen (secondary N) is 2. The van der Waals surface area contributed by atoms with Crippen molar-refractivity contribution in [2.45, 2.75) is 19.4 Å². The number of pyridine rings is 1.